The maximum Gasteiger partial charge on any atom is 0.281 e. The summed E-state index contributed by atoms with van der Waals surface area (Å²) in [5.41, 5.74) is 1.08. The van der Waals surface area contributed by atoms with Crippen LogP contribution in [0.25, 0.3) is 0 Å². The van der Waals surface area contributed by atoms with Crippen LogP contribution in [0.2, 0.25) is 0 Å². The van der Waals surface area contributed by atoms with Gasteiger partial charge in [0.15, 0.2) is 5.03 Å². The van der Waals surface area contributed by atoms with Gasteiger partial charge in [-0.25, -0.2) is 9.71 Å². The highest BCUT2D eigenvalue weighted by Gasteiger charge is 2.39. The molecule has 1 amide bonds. The number of hydrogen-bond donors (Lipinski definition) is 1. The third kappa shape index (κ3) is 5.45. The Morgan fingerprint density at radius 3 is 2.69 bits per heavy atom. The lowest BCUT2D eigenvalue weighted by Gasteiger charge is -2.33. The first-order valence-electron chi connectivity index (χ1n) is 10.5. The first-order chi connectivity index (χ1) is 15.0. The first-order valence-corrected chi connectivity index (χ1v) is 12.0. The molecular weight excluding hydrogens is 428 g/mol. The Bertz CT molecular complexity index is 1120. The van der Waals surface area contributed by atoms with Crippen LogP contribution in [0.15, 0.2) is 53.2 Å². The van der Waals surface area contributed by atoms with E-state index in [9.17, 15) is 13.2 Å². The summed E-state index contributed by atoms with van der Waals surface area (Å²) < 4.78 is 33.3. The van der Waals surface area contributed by atoms with Crippen molar-refractivity contribution in [3.8, 4) is 5.88 Å². The zero-order chi connectivity index (χ0) is 23.5. The number of anilines is 1. The third-order valence-corrected chi connectivity index (χ3v) is 6.52. The predicted molar refractivity (Wildman–Crippen MR) is 123 cm³/mol. The van der Waals surface area contributed by atoms with Crippen molar-refractivity contribution in [2.45, 2.75) is 51.6 Å². The van der Waals surface area contributed by atoms with Crippen molar-refractivity contribution in [2.75, 3.05) is 18.1 Å². The predicted octanol–water partition coefficient (Wildman–Crippen LogP) is 3.57. The van der Waals surface area contributed by atoms with Crippen LogP contribution in [0.3, 0.4) is 0 Å². The van der Waals surface area contributed by atoms with Gasteiger partial charge in [-0.2, -0.15) is 13.4 Å². The Morgan fingerprint density at radius 1 is 1.28 bits per heavy atom. The van der Waals surface area contributed by atoms with Gasteiger partial charge in [-0.3, -0.25) is 4.79 Å². The van der Waals surface area contributed by atoms with Crippen molar-refractivity contribution in [1.82, 2.24) is 14.7 Å². The fraction of sp³-hybridized carbons (Fsp3) is 0.435. The van der Waals surface area contributed by atoms with Gasteiger partial charge >= 0.3 is 0 Å². The molecule has 1 atom stereocenters. The number of allylic oxidation sites excluding steroid dienone is 1. The van der Waals surface area contributed by atoms with E-state index in [2.05, 4.69) is 40.4 Å². The van der Waals surface area contributed by atoms with Gasteiger partial charge < -0.3 is 9.64 Å². The highest BCUT2D eigenvalue weighted by molar-refractivity contribution is 7.90. The number of sulfonamides is 1. The monoisotopic (exact) mass is 458 g/mol. The number of pyridine rings is 2. The van der Waals surface area contributed by atoms with E-state index in [0.717, 1.165) is 18.5 Å². The second-order valence-electron chi connectivity index (χ2n) is 8.95. The number of carbonyl (C=O) groups is 1. The number of ether oxygens (including phenoxy) is 1. The average Bonchev–Trinajstić information content (AvgIpc) is 2.99. The summed E-state index contributed by atoms with van der Waals surface area (Å²) in [6.45, 7) is 11.2. The van der Waals surface area contributed by atoms with Crippen LogP contribution >= 0.6 is 0 Å². The van der Waals surface area contributed by atoms with Crippen LogP contribution in [0.4, 0.5) is 5.82 Å². The molecule has 1 fully saturated rings. The minimum absolute atomic E-state index is 0.160. The molecule has 1 aliphatic rings. The molecular formula is C23H30N4O4S. The molecule has 2 aromatic heterocycles. The topological polar surface area (TPSA) is 101 Å². The first kappa shape index (κ1) is 23.7. The molecule has 1 unspecified atom stereocenters. The van der Waals surface area contributed by atoms with Crippen molar-refractivity contribution >= 4 is 21.7 Å². The molecule has 9 heteroatoms. The summed E-state index contributed by atoms with van der Waals surface area (Å²) in [6, 6.07) is 7.61. The Balaban J connectivity index is 1.83. The highest BCUT2D eigenvalue weighted by Crippen LogP contribution is 2.37. The third-order valence-electron chi connectivity index (χ3n) is 5.28. The van der Waals surface area contributed by atoms with E-state index in [0.29, 0.717) is 11.7 Å². The number of nitrogens with one attached hydrogen (secondary N) is 1. The lowest BCUT2D eigenvalue weighted by molar-refractivity contribution is 0.0981. The number of nitrogens with zero attached hydrogens (tertiary/aromatic N) is 3. The van der Waals surface area contributed by atoms with Crippen molar-refractivity contribution in [3.63, 3.8) is 0 Å². The SMILES string of the molecule is CC(C)=CCOc1cccc(S(=O)(=O)NC(=O)c2cccnc2N2CC(C)CC2(C)C)n1. The van der Waals surface area contributed by atoms with Gasteiger partial charge in [0.2, 0.25) is 5.88 Å². The Morgan fingerprint density at radius 2 is 2.03 bits per heavy atom. The van der Waals surface area contributed by atoms with Crippen LogP contribution in [0, 0.1) is 5.92 Å². The number of aromatic nitrogens is 2. The molecule has 0 aromatic carbocycles. The molecule has 8 nitrogen and oxygen atoms in total. The Kier molecular flexibility index (Phi) is 6.88. The van der Waals surface area contributed by atoms with Crippen LogP contribution in [-0.2, 0) is 10.0 Å². The summed E-state index contributed by atoms with van der Waals surface area (Å²) in [5, 5.41) is -0.291. The maximum absolute atomic E-state index is 13.0. The molecule has 0 spiro atoms. The van der Waals surface area contributed by atoms with Gasteiger partial charge in [-0.15, -0.1) is 0 Å². The van der Waals surface area contributed by atoms with Gasteiger partial charge in [-0.05, 0) is 64.3 Å². The lowest BCUT2D eigenvalue weighted by atomic mass is 9.97. The molecule has 32 heavy (non-hydrogen) atoms. The normalized spacial score (nSPS) is 17.7. The fourth-order valence-electron chi connectivity index (χ4n) is 3.90. The minimum atomic E-state index is -4.20. The Labute approximate surface area is 189 Å². The second kappa shape index (κ2) is 9.28. The van der Waals surface area contributed by atoms with E-state index in [-0.39, 0.29) is 28.6 Å². The van der Waals surface area contributed by atoms with Crippen molar-refractivity contribution in [3.05, 3.63) is 53.7 Å². The molecule has 1 aliphatic heterocycles. The standard InChI is InChI=1S/C23H30N4O4S/c1-16(2)11-13-31-19-9-6-10-20(25-19)32(29,30)26-22(28)18-8-7-12-24-21(18)27-15-17(3)14-23(27,4)5/h6-12,17H,13-15H2,1-5H3,(H,26,28). The summed E-state index contributed by atoms with van der Waals surface area (Å²) >= 11 is 0. The number of amides is 1. The van der Waals surface area contributed by atoms with E-state index >= 15 is 0 Å². The molecule has 172 valence electrons. The molecule has 0 saturated carbocycles. The zero-order valence-corrected chi connectivity index (χ0v) is 19.9. The van der Waals surface area contributed by atoms with E-state index in [1.807, 2.05) is 19.9 Å². The molecule has 0 aliphatic carbocycles. The van der Waals surface area contributed by atoms with Crippen molar-refractivity contribution in [1.29, 1.82) is 0 Å². The second-order valence-corrected chi connectivity index (χ2v) is 10.6. The van der Waals surface area contributed by atoms with Crippen LogP contribution in [-0.4, -0.2) is 43.0 Å². The van der Waals surface area contributed by atoms with E-state index in [1.165, 1.54) is 12.1 Å². The van der Waals surface area contributed by atoms with Crippen molar-refractivity contribution in [2.24, 2.45) is 5.92 Å². The van der Waals surface area contributed by atoms with E-state index < -0.39 is 15.9 Å². The van der Waals surface area contributed by atoms with Crippen LogP contribution < -0.4 is 14.4 Å². The van der Waals surface area contributed by atoms with E-state index in [1.54, 1.807) is 24.4 Å². The maximum atomic E-state index is 13.0. The zero-order valence-electron chi connectivity index (χ0n) is 19.1. The van der Waals surface area contributed by atoms with Crippen molar-refractivity contribution < 1.29 is 17.9 Å². The van der Waals surface area contributed by atoms with Gasteiger partial charge in [0.1, 0.15) is 12.4 Å². The number of hydrogen-bond acceptors (Lipinski definition) is 7. The van der Waals surface area contributed by atoms with Gasteiger partial charge in [0.05, 0.1) is 5.56 Å². The van der Waals surface area contributed by atoms with Gasteiger partial charge in [-0.1, -0.05) is 18.6 Å². The lowest BCUT2D eigenvalue weighted by Crippen LogP contribution is -2.41. The number of carbonyl (C=O) groups excluding carboxylic acids is 1. The molecule has 3 rings (SSSR count). The summed E-state index contributed by atoms with van der Waals surface area (Å²) in [4.78, 5) is 23.5. The van der Waals surface area contributed by atoms with Crippen LogP contribution in [0.1, 0.15) is 51.4 Å². The number of rotatable bonds is 7. The van der Waals surface area contributed by atoms with E-state index in [4.69, 9.17) is 4.74 Å². The Hall–Kier alpha value is -2.94. The molecule has 1 N–H and O–H groups in total. The van der Waals surface area contributed by atoms with Gasteiger partial charge in [0, 0.05) is 24.3 Å². The van der Waals surface area contributed by atoms with Crippen LogP contribution in [0.5, 0.6) is 5.88 Å². The van der Waals surface area contributed by atoms with Gasteiger partial charge in [0.25, 0.3) is 15.9 Å². The molecule has 2 aromatic rings. The molecule has 0 bridgehead atoms. The average molecular weight is 459 g/mol. The minimum Gasteiger partial charge on any atom is -0.473 e. The summed E-state index contributed by atoms with van der Waals surface area (Å²) in [5.74, 6) is 0.319. The smallest absolute Gasteiger partial charge is 0.281 e. The molecule has 3 heterocycles. The molecule has 0 radical (unpaired) electrons. The molecule has 1 saturated heterocycles. The quantitative estimate of drug-likeness (QED) is 0.633. The largest absolute Gasteiger partial charge is 0.473 e. The fourth-order valence-corrected chi connectivity index (χ4v) is 4.82. The summed E-state index contributed by atoms with van der Waals surface area (Å²) in [7, 11) is -4.20. The summed E-state index contributed by atoms with van der Waals surface area (Å²) in [6.07, 6.45) is 4.41. The highest BCUT2D eigenvalue weighted by atomic mass is 32.2.